The van der Waals surface area contributed by atoms with Crippen LogP contribution in [0, 0.1) is 21.4 Å². The number of carbonyl (C=O) groups excluding carboxylic acids is 2. The second-order valence-electron chi connectivity index (χ2n) is 4.59. The SMILES string of the molecule is N#Cc1cccc(NC(=O)COC(=O)c2ccccc2[N+](=O)[O-])c1. The summed E-state index contributed by atoms with van der Waals surface area (Å²) in [7, 11) is 0. The molecular weight excluding hydrogens is 314 g/mol. The largest absolute Gasteiger partial charge is 0.452 e. The average molecular weight is 325 g/mol. The van der Waals surface area contributed by atoms with Gasteiger partial charge in [0, 0.05) is 11.8 Å². The first kappa shape index (κ1) is 16.6. The van der Waals surface area contributed by atoms with Crippen LogP contribution in [0.25, 0.3) is 0 Å². The molecule has 0 atom stereocenters. The van der Waals surface area contributed by atoms with E-state index >= 15 is 0 Å². The van der Waals surface area contributed by atoms with E-state index in [9.17, 15) is 19.7 Å². The lowest BCUT2D eigenvalue weighted by molar-refractivity contribution is -0.385. The summed E-state index contributed by atoms with van der Waals surface area (Å²) in [6.45, 7) is -0.609. The number of para-hydroxylation sites is 1. The van der Waals surface area contributed by atoms with Crippen molar-refractivity contribution in [3.63, 3.8) is 0 Å². The Bertz CT molecular complexity index is 842. The molecule has 0 bridgehead atoms. The van der Waals surface area contributed by atoms with Crippen molar-refractivity contribution in [2.24, 2.45) is 0 Å². The van der Waals surface area contributed by atoms with Crippen LogP contribution in [-0.4, -0.2) is 23.4 Å². The quantitative estimate of drug-likeness (QED) is 0.511. The summed E-state index contributed by atoms with van der Waals surface area (Å²) < 4.78 is 4.79. The third-order valence-electron chi connectivity index (χ3n) is 2.93. The number of benzene rings is 2. The Balaban J connectivity index is 1.98. The highest BCUT2D eigenvalue weighted by Crippen LogP contribution is 2.18. The molecule has 1 amide bonds. The fourth-order valence-electron chi connectivity index (χ4n) is 1.88. The molecule has 0 aliphatic heterocycles. The Morgan fingerprint density at radius 3 is 2.67 bits per heavy atom. The van der Waals surface area contributed by atoms with E-state index in [0.29, 0.717) is 11.3 Å². The van der Waals surface area contributed by atoms with E-state index in [1.165, 1.54) is 30.3 Å². The Kier molecular flexibility index (Phi) is 5.20. The van der Waals surface area contributed by atoms with Crippen molar-refractivity contribution in [3.8, 4) is 6.07 Å². The van der Waals surface area contributed by atoms with E-state index in [0.717, 1.165) is 0 Å². The fourth-order valence-corrected chi connectivity index (χ4v) is 1.88. The minimum absolute atomic E-state index is 0.234. The average Bonchev–Trinajstić information content (AvgIpc) is 2.59. The van der Waals surface area contributed by atoms with Crippen molar-refractivity contribution in [1.29, 1.82) is 5.26 Å². The maximum absolute atomic E-state index is 11.9. The van der Waals surface area contributed by atoms with E-state index in [1.807, 2.05) is 6.07 Å². The number of nitro groups is 1. The zero-order valence-corrected chi connectivity index (χ0v) is 12.3. The molecule has 0 heterocycles. The van der Waals surface area contributed by atoms with Crippen LogP contribution in [0.3, 0.4) is 0 Å². The molecule has 8 nitrogen and oxygen atoms in total. The predicted octanol–water partition coefficient (Wildman–Crippen LogP) is 2.26. The molecule has 0 fully saturated rings. The molecule has 0 spiro atoms. The van der Waals surface area contributed by atoms with Gasteiger partial charge in [-0.25, -0.2) is 4.79 Å². The van der Waals surface area contributed by atoms with Gasteiger partial charge >= 0.3 is 5.97 Å². The van der Waals surface area contributed by atoms with Crippen LogP contribution in [0.2, 0.25) is 0 Å². The molecular formula is C16H11N3O5. The van der Waals surface area contributed by atoms with Gasteiger partial charge in [0.2, 0.25) is 0 Å². The number of nitrogens with zero attached hydrogens (tertiary/aromatic N) is 2. The minimum Gasteiger partial charge on any atom is -0.452 e. The van der Waals surface area contributed by atoms with Crippen molar-refractivity contribution < 1.29 is 19.2 Å². The highest BCUT2D eigenvalue weighted by Gasteiger charge is 2.21. The van der Waals surface area contributed by atoms with E-state index in [-0.39, 0.29) is 5.56 Å². The summed E-state index contributed by atoms with van der Waals surface area (Å²) in [6, 6.07) is 13.4. The van der Waals surface area contributed by atoms with Gasteiger partial charge in [-0.1, -0.05) is 18.2 Å². The van der Waals surface area contributed by atoms with Crippen LogP contribution in [0.1, 0.15) is 15.9 Å². The molecule has 2 aromatic rings. The molecule has 0 unspecified atom stereocenters. The molecule has 0 aliphatic rings. The zero-order valence-electron chi connectivity index (χ0n) is 12.3. The van der Waals surface area contributed by atoms with Crippen molar-refractivity contribution in [1.82, 2.24) is 0 Å². The summed E-state index contributed by atoms with van der Waals surface area (Å²) in [5.74, 6) is -1.60. The third-order valence-corrected chi connectivity index (χ3v) is 2.93. The highest BCUT2D eigenvalue weighted by molar-refractivity contribution is 5.97. The van der Waals surface area contributed by atoms with Crippen LogP contribution < -0.4 is 5.32 Å². The number of anilines is 1. The molecule has 0 aliphatic carbocycles. The Morgan fingerprint density at radius 1 is 1.21 bits per heavy atom. The highest BCUT2D eigenvalue weighted by atomic mass is 16.6. The number of amides is 1. The van der Waals surface area contributed by atoms with Gasteiger partial charge in [-0.3, -0.25) is 14.9 Å². The minimum atomic E-state index is -0.969. The first-order valence-corrected chi connectivity index (χ1v) is 6.72. The summed E-state index contributed by atoms with van der Waals surface area (Å²) in [6.07, 6.45) is 0. The summed E-state index contributed by atoms with van der Waals surface area (Å²) in [5.41, 5.74) is 0.108. The molecule has 0 saturated heterocycles. The topological polar surface area (TPSA) is 122 Å². The number of ether oxygens (including phenoxy) is 1. The van der Waals surface area contributed by atoms with Crippen LogP contribution >= 0.6 is 0 Å². The van der Waals surface area contributed by atoms with Crippen molar-refractivity contribution >= 4 is 23.3 Å². The van der Waals surface area contributed by atoms with Crippen molar-refractivity contribution in [3.05, 3.63) is 69.8 Å². The second-order valence-corrected chi connectivity index (χ2v) is 4.59. The molecule has 2 aromatic carbocycles. The van der Waals surface area contributed by atoms with Crippen LogP contribution in [-0.2, 0) is 9.53 Å². The van der Waals surface area contributed by atoms with E-state index < -0.39 is 29.1 Å². The summed E-state index contributed by atoms with van der Waals surface area (Å²) in [4.78, 5) is 33.8. The first-order valence-electron chi connectivity index (χ1n) is 6.72. The number of esters is 1. The summed E-state index contributed by atoms with van der Waals surface area (Å²) in [5, 5.41) is 22.1. The van der Waals surface area contributed by atoms with E-state index in [1.54, 1.807) is 18.2 Å². The molecule has 1 N–H and O–H groups in total. The van der Waals surface area contributed by atoms with Gasteiger partial charge in [0.05, 0.1) is 16.6 Å². The van der Waals surface area contributed by atoms with Gasteiger partial charge < -0.3 is 10.1 Å². The van der Waals surface area contributed by atoms with E-state index in [2.05, 4.69) is 5.32 Å². The first-order chi connectivity index (χ1) is 11.5. The van der Waals surface area contributed by atoms with Gasteiger partial charge in [-0.2, -0.15) is 5.26 Å². The lowest BCUT2D eigenvalue weighted by atomic mass is 10.2. The smallest absolute Gasteiger partial charge is 0.345 e. The lowest BCUT2D eigenvalue weighted by Gasteiger charge is -2.07. The second kappa shape index (κ2) is 7.51. The molecule has 8 heteroatoms. The van der Waals surface area contributed by atoms with E-state index in [4.69, 9.17) is 10.00 Å². The maximum Gasteiger partial charge on any atom is 0.345 e. The number of rotatable bonds is 5. The van der Waals surface area contributed by atoms with Gasteiger partial charge in [0.1, 0.15) is 5.56 Å². The van der Waals surface area contributed by atoms with Crippen molar-refractivity contribution in [2.45, 2.75) is 0 Å². The molecule has 0 radical (unpaired) electrons. The number of hydrogen-bond acceptors (Lipinski definition) is 6. The van der Waals surface area contributed by atoms with Gasteiger partial charge in [-0.05, 0) is 24.3 Å². The summed E-state index contributed by atoms with van der Waals surface area (Å²) >= 11 is 0. The van der Waals surface area contributed by atoms with Crippen LogP contribution in [0.4, 0.5) is 11.4 Å². The molecule has 0 saturated carbocycles. The molecule has 24 heavy (non-hydrogen) atoms. The van der Waals surface area contributed by atoms with Crippen molar-refractivity contribution in [2.75, 3.05) is 11.9 Å². The lowest BCUT2D eigenvalue weighted by Crippen LogP contribution is -2.21. The number of nitrogens with one attached hydrogen (secondary N) is 1. The number of carbonyl (C=O) groups is 2. The normalized spacial score (nSPS) is 9.62. The predicted molar refractivity (Wildman–Crippen MR) is 83.2 cm³/mol. The molecule has 0 aromatic heterocycles. The maximum atomic E-state index is 11.9. The zero-order chi connectivity index (χ0) is 17.5. The monoisotopic (exact) mass is 325 g/mol. The number of nitro benzene ring substituents is 1. The molecule has 2 rings (SSSR count). The fraction of sp³-hybridized carbons (Fsp3) is 0.0625. The third kappa shape index (κ3) is 4.14. The molecule has 120 valence electrons. The van der Waals surface area contributed by atoms with Gasteiger partial charge in [0.15, 0.2) is 6.61 Å². The Morgan fingerprint density at radius 2 is 1.96 bits per heavy atom. The van der Waals surface area contributed by atoms with Crippen LogP contribution in [0.15, 0.2) is 48.5 Å². The Hall–Kier alpha value is -3.73. The van der Waals surface area contributed by atoms with Crippen LogP contribution in [0.5, 0.6) is 0 Å². The number of hydrogen-bond donors (Lipinski definition) is 1. The van der Waals surface area contributed by atoms with Gasteiger partial charge in [-0.15, -0.1) is 0 Å². The Labute approximate surface area is 136 Å². The van der Waals surface area contributed by atoms with Gasteiger partial charge in [0.25, 0.3) is 11.6 Å². The standard InChI is InChI=1S/C16H11N3O5/c17-9-11-4-3-5-12(8-11)18-15(20)10-24-16(21)13-6-1-2-7-14(13)19(22)23/h1-8H,10H2,(H,18,20). The number of nitriles is 1.